The maximum Gasteiger partial charge on any atom is 0.251 e. The average Bonchev–Trinajstić information content (AvgIpc) is 2.61. The van der Waals surface area contributed by atoms with Gasteiger partial charge in [-0.15, -0.1) is 0 Å². The minimum atomic E-state index is -0.364. The largest absolute Gasteiger partial charge is 0.348 e. The number of hydrogen-bond donors (Lipinski definition) is 1. The van der Waals surface area contributed by atoms with E-state index in [0.29, 0.717) is 12.1 Å². The predicted octanol–water partition coefficient (Wildman–Crippen LogP) is 3.21. The highest BCUT2D eigenvalue weighted by Crippen LogP contribution is 2.16. The zero-order valence-corrected chi connectivity index (χ0v) is 12.2. The lowest BCUT2D eigenvalue weighted by atomic mass is 10.1. The van der Waals surface area contributed by atoms with Crippen LogP contribution in [0.1, 0.15) is 15.9 Å². The average molecular weight is 307 g/mol. The Balaban J connectivity index is 1.69. The van der Waals surface area contributed by atoms with E-state index in [1.54, 1.807) is 18.6 Å². The van der Waals surface area contributed by atoms with E-state index in [2.05, 4.69) is 15.3 Å². The van der Waals surface area contributed by atoms with Crippen LogP contribution in [0.5, 0.6) is 0 Å². The van der Waals surface area contributed by atoms with Crippen molar-refractivity contribution in [1.82, 2.24) is 15.3 Å². The van der Waals surface area contributed by atoms with Gasteiger partial charge in [0.25, 0.3) is 5.91 Å². The predicted molar refractivity (Wildman–Crippen MR) is 85.0 cm³/mol. The van der Waals surface area contributed by atoms with Crippen LogP contribution in [-0.4, -0.2) is 15.9 Å². The quantitative estimate of drug-likeness (QED) is 0.805. The summed E-state index contributed by atoms with van der Waals surface area (Å²) in [6, 6.07) is 13.0. The number of hydrogen-bond acceptors (Lipinski definition) is 3. The van der Waals surface area contributed by atoms with Gasteiger partial charge >= 0.3 is 0 Å². The summed E-state index contributed by atoms with van der Waals surface area (Å²) >= 11 is 0. The molecule has 0 radical (unpaired) electrons. The molecule has 3 aromatic rings. The van der Waals surface area contributed by atoms with Crippen molar-refractivity contribution in [3.8, 4) is 11.3 Å². The van der Waals surface area contributed by atoms with Gasteiger partial charge < -0.3 is 5.32 Å². The molecule has 0 aliphatic carbocycles. The van der Waals surface area contributed by atoms with Crippen molar-refractivity contribution in [2.45, 2.75) is 6.54 Å². The summed E-state index contributed by atoms with van der Waals surface area (Å²) < 4.78 is 12.9. The van der Waals surface area contributed by atoms with Crippen LogP contribution in [0.2, 0.25) is 0 Å². The van der Waals surface area contributed by atoms with Crippen molar-refractivity contribution in [2.24, 2.45) is 0 Å². The molecular weight excluding hydrogens is 293 g/mol. The first kappa shape index (κ1) is 14.8. The van der Waals surface area contributed by atoms with Crippen LogP contribution in [0, 0.1) is 5.82 Å². The van der Waals surface area contributed by atoms with E-state index in [0.717, 1.165) is 16.8 Å². The molecular formula is C18H14FN3O. The lowest BCUT2D eigenvalue weighted by Gasteiger charge is -2.07. The van der Waals surface area contributed by atoms with Crippen LogP contribution in [-0.2, 0) is 6.54 Å². The molecule has 1 amide bonds. The molecule has 0 bridgehead atoms. The van der Waals surface area contributed by atoms with Crippen LogP contribution in [0.4, 0.5) is 4.39 Å². The third kappa shape index (κ3) is 3.77. The Morgan fingerprint density at radius 3 is 2.65 bits per heavy atom. The summed E-state index contributed by atoms with van der Waals surface area (Å²) in [6.45, 7) is 0.367. The second-order valence-corrected chi connectivity index (χ2v) is 4.98. The van der Waals surface area contributed by atoms with Crippen molar-refractivity contribution in [3.05, 3.63) is 84.1 Å². The highest BCUT2D eigenvalue weighted by atomic mass is 19.1. The molecule has 5 heteroatoms. The molecule has 23 heavy (non-hydrogen) atoms. The van der Waals surface area contributed by atoms with Crippen molar-refractivity contribution >= 4 is 5.91 Å². The molecule has 0 aliphatic rings. The van der Waals surface area contributed by atoms with E-state index in [9.17, 15) is 9.18 Å². The maximum absolute atomic E-state index is 12.9. The van der Waals surface area contributed by atoms with Gasteiger partial charge in [0.15, 0.2) is 0 Å². The Kier molecular flexibility index (Phi) is 4.38. The third-order valence-corrected chi connectivity index (χ3v) is 3.34. The van der Waals surface area contributed by atoms with Gasteiger partial charge in [-0.05, 0) is 54.1 Å². The lowest BCUT2D eigenvalue weighted by molar-refractivity contribution is 0.0951. The van der Waals surface area contributed by atoms with Crippen LogP contribution in [0.25, 0.3) is 11.3 Å². The van der Waals surface area contributed by atoms with Crippen LogP contribution >= 0.6 is 0 Å². The zero-order chi connectivity index (χ0) is 16.1. The first-order valence-electron chi connectivity index (χ1n) is 7.11. The molecule has 0 unspecified atom stereocenters. The van der Waals surface area contributed by atoms with E-state index >= 15 is 0 Å². The van der Waals surface area contributed by atoms with Gasteiger partial charge in [-0.1, -0.05) is 0 Å². The fraction of sp³-hybridized carbons (Fsp3) is 0.0556. The summed E-state index contributed by atoms with van der Waals surface area (Å²) in [4.78, 5) is 20.4. The normalized spacial score (nSPS) is 10.3. The second kappa shape index (κ2) is 6.79. The minimum absolute atomic E-state index is 0.246. The molecule has 2 aromatic heterocycles. The van der Waals surface area contributed by atoms with E-state index < -0.39 is 0 Å². The monoisotopic (exact) mass is 307 g/mol. The fourth-order valence-corrected chi connectivity index (χ4v) is 2.14. The standard InChI is InChI=1S/C18H14FN3O/c19-16-5-3-14(4-6-16)18(23)22-11-13-7-9-21-17(10-13)15-2-1-8-20-12-15/h1-10,12H,11H2,(H,22,23). The smallest absolute Gasteiger partial charge is 0.251 e. The summed E-state index contributed by atoms with van der Waals surface area (Å²) in [6.07, 6.45) is 5.14. The fourth-order valence-electron chi connectivity index (χ4n) is 2.14. The highest BCUT2D eigenvalue weighted by Gasteiger charge is 2.06. The first-order valence-corrected chi connectivity index (χ1v) is 7.11. The Morgan fingerprint density at radius 1 is 1.09 bits per heavy atom. The van der Waals surface area contributed by atoms with E-state index in [1.165, 1.54) is 24.3 Å². The van der Waals surface area contributed by atoms with Crippen LogP contribution in [0.3, 0.4) is 0 Å². The molecule has 0 aliphatic heterocycles. The Morgan fingerprint density at radius 2 is 1.91 bits per heavy atom. The molecule has 1 N–H and O–H groups in total. The van der Waals surface area contributed by atoms with E-state index in [1.807, 2.05) is 24.3 Å². The number of carbonyl (C=O) groups is 1. The molecule has 0 fully saturated rings. The number of halogens is 1. The second-order valence-electron chi connectivity index (χ2n) is 4.98. The van der Waals surface area contributed by atoms with Crippen molar-refractivity contribution < 1.29 is 9.18 Å². The van der Waals surface area contributed by atoms with Crippen molar-refractivity contribution in [2.75, 3.05) is 0 Å². The Hall–Kier alpha value is -3.08. The van der Waals surface area contributed by atoms with Crippen molar-refractivity contribution in [3.63, 3.8) is 0 Å². The minimum Gasteiger partial charge on any atom is -0.348 e. The number of nitrogens with one attached hydrogen (secondary N) is 1. The molecule has 0 saturated heterocycles. The Labute approximate surface area is 133 Å². The highest BCUT2D eigenvalue weighted by molar-refractivity contribution is 5.94. The summed E-state index contributed by atoms with van der Waals surface area (Å²) in [5.74, 6) is -0.610. The summed E-state index contributed by atoms with van der Waals surface area (Å²) in [5, 5.41) is 2.81. The SMILES string of the molecule is O=C(NCc1ccnc(-c2cccnc2)c1)c1ccc(F)cc1. The van der Waals surface area contributed by atoms with Crippen molar-refractivity contribution in [1.29, 1.82) is 0 Å². The number of carbonyl (C=O) groups excluding carboxylic acids is 1. The molecule has 3 rings (SSSR count). The number of benzene rings is 1. The summed E-state index contributed by atoms with van der Waals surface area (Å²) in [7, 11) is 0. The van der Waals surface area contributed by atoms with Gasteiger partial charge in [-0.2, -0.15) is 0 Å². The molecule has 114 valence electrons. The molecule has 2 heterocycles. The first-order chi connectivity index (χ1) is 11.2. The van der Waals surface area contributed by atoms with Gasteiger partial charge in [0, 0.05) is 36.3 Å². The molecule has 0 atom stereocenters. The van der Waals surface area contributed by atoms with E-state index in [-0.39, 0.29) is 11.7 Å². The molecule has 0 spiro atoms. The van der Waals surface area contributed by atoms with Crippen LogP contribution in [0.15, 0.2) is 67.1 Å². The van der Waals surface area contributed by atoms with Crippen LogP contribution < -0.4 is 5.32 Å². The lowest BCUT2D eigenvalue weighted by Crippen LogP contribution is -2.22. The van der Waals surface area contributed by atoms with Gasteiger partial charge in [-0.3, -0.25) is 14.8 Å². The maximum atomic E-state index is 12.9. The van der Waals surface area contributed by atoms with Gasteiger partial charge in [0.1, 0.15) is 5.82 Å². The number of rotatable bonds is 4. The third-order valence-electron chi connectivity index (χ3n) is 3.34. The van der Waals surface area contributed by atoms with Gasteiger partial charge in [-0.25, -0.2) is 4.39 Å². The number of amides is 1. The zero-order valence-electron chi connectivity index (χ0n) is 12.2. The number of aromatic nitrogens is 2. The molecule has 0 saturated carbocycles. The number of pyridine rings is 2. The van der Waals surface area contributed by atoms with E-state index in [4.69, 9.17) is 0 Å². The van der Waals surface area contributed by atoms with Gasteiger partial charge in [0.2, 0.25) is 0 Å². The Bertz CT molecular complexity index is 804. The molecule has 1 aromatic carbocycles. The number of nitrogens with zero attached hydrogens (tertiary/aromatic N) is 2. The molecule has 4 nitrogen and oxygen atoms in total. The van der Waals surface area contributed by atoms with Gasteiger partial charge in [0.05, 0.1) is 5.69 Å². The summed E-state index contributed by atoms with van der Waals surface area (Å²) in [5.41, 5.74) is 3.06. The topological polar surface area (TPSA) is 54.9 Å².